The standard InChI is InChI=1S/C9H16N6O2/c1-2-12-6-5-7(15-8(10)14-6)13-3-4-17-9(11)16/h5H,2-4H2,1H3,(H2,11,16)(H4,10,12,13,14,15). The Bertz CT molecular complexity index is 384. The van der Waals surface area contributed by atoms with Crippen molar-refractivity contribution in [1.29, 1.82) is 0 Å². The Balaban J connectivity index is 2.49. The highest BCUT2D eigenvalue weighted by Gasteiger charge is 2.01. The van der Waals surface area contributed by atoms with Crippen LogP contribution >= 0.6 is 0 Å². The molecular weight excluding hydrogens is 224 g/mol. The third-order valence-corrected chi connectivity index (χ3v) is 1.75. The van der Waals surface area contributed by atoms with E-state index in [2.05, 4.69) is 25.3 Å². The zero-order valence-electron chi connectivity index (χ0n) is 9.56. The molecule has 0 bridgehead atoms. The van der Waals surface area contributed by atoms with Crippen LogP contribution in [0.2, 0.25) is 0 Å². The number of hydrogen-bond acceptors (Lipinski definition) is 7. The van der Waals surface area contributed by atoms with Gasteiger partial charge in [-0.1, -0.05) is 0 Å². The third kappa shape index (κ3) is 4.87. The van der Waals surface area contributed by atoms with Gasteiger partial charge >= 0.3 is 6.09 Å². The average molecular weight is 240 g/mol. The van der Waals surface area contributed by atoms with E-state index >= 15 is 0 Å². The first-order valence-electron chi connectivity index (χ1n) is 5.16. The van der Waals surface area contributed by atoms with Crippen molar-refractivity contribution in [1.82, 2.24) is 9.97 Å². The molecule has 0 unspecified atom stereocenters. The number of nitrogens with two attached hydrogens (primary N) is 2. The molecule has 0 aromatic carbocycles. The highest BCUT2D eigenvalue weighted by Crippen LogP contribution is 2.11. The lowest BCUT2D eigenvalue weighted by molar-refractivity contribution is 0.161. The molecule has 1 amide bonds. The number of aromatic nitrogens is 2. The molecule has 0 spiro atoms. The van der Waals surface area contributed by atoms with Crippen molar-refractivity contribution < 1.29 is 9.53 Å². The summed E-state index contributed by atoms with van der Waals surface area (Å²) in [5.41, 5.74) is 10.3. The molecule has 17 heavy (non-hydrogen) atoms. The Hall–Kier alpha value is -2.25. The van der Waals surface area contributed by atoms with Gasteiger partial charge in [0, 0.05) is 12.6 Å². The average Bonchev–Trinajstić information content (AvgIpc) is 2.24. The molecule has 1 aromatic heterocycles. The van der Waals surface area contributed by atoms with Crippen molar-refractivity contribution in [2.45, 2.75) is 6.92 Å². The van der Waals surface area contributed by atoms with Crippen LogP contribution in [0.3, 0.4) is 0 Å². The summed E-state index contributed by atoms with van der Waals surface area (Å²) in [5.74, 6) is 1.36. The smallest absolute Gasteiger partial charge is 0.404 e. The van der Waals surface area contributed by atoms with Crippen molar-refractivity contribution in [2.75, 3.05) is 36.1 Å². The maximum Gasteiger partial charge on any atom is 0.404 e. The number of primary amides is 1. The Morgan fingerprint density at radius 3 is 2.65 bits per heavy atom. The molecule has 1 heterocycles. The highest BCUT2D eigenvalue weighted by atomic mass is 16.5. The first kappa shape index (κ1) is 12.8. The van der Waals surface area contributed by atoms with E-state index in [1.807, 2.05) is 6.92 Å². The van der Waals surface area contributed by atoms with Gasteiger partial charge in [0.25, 0.3) is 0 Å². The minimum absolute atomic E-state index is 0.162. The summed E-state index contributed by atoms with van der Waals surface area (Å²) in [7, 11) is 0. The van der Waals surface area contributed by atoms with Crippen molar-refractivity contribution in [3.05, 3.63) is 6.07 Å². The molecule has 0 atom stereocenters. The van der Waals surface area contributed by atoms with Gasteiger partial charge in [0.1, 0.15) is 18.2 Å². The van der Waals surface area contributed by atoms with Crippen LogP contribution in [0.5, 0.6) is 0 Å². The summed E-state index contributed by atoms with van der Waals surface area (Å²) in [5, 5.41) is 5.96. The van der Waals surface area contributed by atoms with E-state index in [9.17, 15) is 4.79 Å². The summed E-state index contributed by atoms with van der Waals surface area (Å²) in [6.07, 6.45) is -0.803. The number of hydrogen-bond donors (Lipinski definition) is 4. The van der Waals surface area contributed by atoms with Gasteiger partial charge in [0.05, 0.1) is 6.54 Å². The van der Waals surface area contributed by atoms with E-state index in [1.54, 1.807) is 6.07 Å². The quantitative estimate of drug-likeness (QED) is 0.515. The van der Waals surface area contributed by atoms with Gasteiger partial charge in [-0.15, -0.1) is 0 Å². The fourth-order valence-electron chi connectivity index (χ4n) is 1.16. The minimum atomic E-state index is -0.803. The number of nitrogen functional groups attached to an aromatic ring is 1. The Kier molecular flexibility index (Phi) is 4.79. The van der Waals surface area contributed by atoms with E-state index in [4.69, 9.17) is 11.5 Å². The molecule has 0 aliphatic heterocycles. The van der Waals surface area contributed by atoms with Gasteiger partial charge in [-0.3, -0.25) is 0 Å². The van der Waals surface area contributed by atoms with Crippen LogP contribution in [0.15, 0.2) is 6.07 Å². The largest absolute Gasteiger partial charge is 0.448 e. The molecule has 0 saturated carbocycles. The van der Waals surface area contributed by atoms with Crippen LogP contribution < -0.4 is 22.1 Å². The van der Waals surface area contributed by atoms with E-state index in [-0.39, 0.29) is 12.6 Å². The molecule has 8 nitrogen and oxygen atoms in total. The summed E-state index contributed by atoms with van der Waals surface area (Å²) in [6, 6.07) is 1.71. The molecule has 0 saturated heterocycles. The molecular formula is C9H16N6O2. The fraction of sp³-hybridized carbons (Fsp3) is 0.444. The third-order valence-electron chi connectivity index (χ3n) is 1.75. The lowest BCUT2D eigenvalue weighted by Crippen LogP contribution is -2.19. The lowest BCUT2D eigenvalue weighted by atomic mass is 10.5. The predicted octanol–water partition coefficient (Wildman–Crippen LogP) is -0.00220. The zero-order valence-corrected chi connectivity index (χ0v) is 9.56. The second-order valence-corrected chi connectivity index (χ2v) is 3.12. The van der Waals surface area contributed by atoms with Gasteiger partial charge in [-0.2, -0.15) is 9.97 Å². The van der Waals surface area contributed by atoms with E-state index in [1.165, 1.54) is 0 Å². The van der Waals surface area contributed by atoms with Crippen molar-refractivity contribution in [3.63, 3.8) is 0 Å². The number of nitrogens with one attached hydrogen (secondary N) is 2. The van der Waals surface area contributed by atoms with E-state index < -0.39 is 6.09 Å². The van der Waals surface area contributed by atoms with Crippen molar-refractivity contribution >= 4 is 23.7 Å². The Labute approximate surface area is 98.7 Å². The number of nitrogens with zero attached hydrogens (tertiary/aromatic N) is 2. The number of ether oxygens (including phenoxy) is 1. The highest BCUT2D eigenvalue weighted by molar-refractivity contribution is 5.64. The molecule has 0 aliphatic rings. The minimum Gasteiger partial charge on any atom is -0.448 e. The molecule has 0 aliphatic carbocycles. The number of carbonyl (C=O) groups is 1. The second kappa shape index (κ2) is 6.36. The van der Waals surface area contributed by atoms with Gasteiger partial charge in [0.15, 0.2) is 0 Å². The van der Waals surface area contributed by atoms with Crippen LogP contribution in [-0.2, 0) is 4.74 Å². The van der Waals surface area contributed by atoms with E-state index in [0.29, 0.717) is 18.2 Å². The Morgan fingerprint density at radius 1 is 1.41 bits per heavy atom. The molecule has 0 radical (unpaired) electrons. The zero-order chi connectivity index (χ0) is 12.7. The topological polar surface area (TPSA) is 128 Å². The van der Waals surface area contributed by atoms with Gasteiger partial charge in [-0.25, -0.2) is 4.79 Å². The van der Waals surface area contributed by atoms with Gasteiger partial charge < -0.3 is 26.8 Å². The summed E-state index contributed by atoms with van der Waals surface area (Å²) in [4.78, 5) is 18.3. The number of carbonyl (C=O) groups excluding carboxylic acids is 1. The van der Waals surface area contributed by atoms with Crippen LogP contribution in [0, 0.1) is 0 Å². The predicted molar refractivity (Wildman–Crippen MR) is 64.6 cm³/mol. The lowest BCUT2D eigenvalue weighted by Gasteiger charge is -2.08. The first-order valence-corrected chi connectivity index (χ1v) is 5.16. The first-order chi connectivity index (χ1) is 8.11. The molecule has 8 heteroatoms. The maximum absolute atomic E-state index is 10.3. The SMILES string of the molecule is CCNc1cc(NCCOC(N)=O)nc(N)n1. The Morgan fingerprint density at radius 2 is 2.06 bits per heavy atom. The fourth-order valence-corrected chi connectivity index (χ4v) is 1.16. The normalized spacial score (nSPS) is 9.71. The molecule has 0 fully saturated rings. The van der Waals surface area contributed by atoms with Crippen LogP contribution in [-0.4, -0.2) is 35.8 Å². The number of amides is 1. The monoisotopic (exact) mass is 240 g/mol. The van der Waals surface area contributed by atoms with Crippen LogP contribution in [0.1, 0.15) is 6.92 Å². The molecule has 1 rings (SSSR count). The van der Waals surface area contributed by atoms with Gasteiger partial charge in [-0.05, 0) is 6.92 Å². The number of anilines is 3. The maximum atomic E-state index is 10.3. The summed E-state index contributed by atoms with van der Waals surface area (Å²) >= 11 is 0. The van der Waals surface area contributed by atoms with Crippen LogP contribution in [0.25, 0.3) is 0 Å². The molecule has 1 aromatic rings. The molecule has 94 valence electrons. The molecule has 6 N–H and O–H groups in total. The summed E-state index contributed by atoms with van der Waals surface area (Å²) < 4.78 is 4.56. The second-order valence-electron chi connectivity index (χ2n) is 3.12. The van der Waals surface area contributed by atoms with Gasteiger partial charge in [0.2, 0.25) is 5.95 Å². The number of rotatable bonds is 6. The van der Waals surface area contributed by atoms with Crippen molar-refractivity contribution in [2.24, 2.45) is 5.73 Å². The van der Waals surface area contributed by atoms with E-state index in [0.717, 1.165) is 6.54 Å². The van der Waals surface area contributed by atoms with Crippen LogP contribution in [0.4, 0.5) is 22.4 Å². The summed E-state index contributed by atoms with van der Waals surface area (Å²) in [6.45, 7) is 3.24. The van der Waals surface area contributed by atoms with Crippen molar-refractivity contribution in [3.8, 4) is 0 Å².